The van der Waals surface area contributed by atoms with E-state index in [-0.39, 0.29) is 59.5 Å². The van der Waals surface area contributed by atoms with Gasteiger partial charge in [0.2, 0.25) is 23.3 Å². The molecule has 0 bridgehead atoms. The van der Waals surface area contributed by atoms with Crippen molar-refractivity contribution in [2.24, 2.45) is 22.9 Å². The Morgan fingerprint density at radius 3 is 2.02 bits per heavy atom. The standard InChI is InChI=1S/C29H36N12O3.ClH/c30-15-7-16(31)12-40(11-15)28-37-27(38-29(39-28)41-13-17(32)8-18(33)14-41)35-19-5-6-23(24(42)9-19)36-26(44)21-10-34-22-4-2-1-3-20(22)25(21)43;/h1-6,9-10,15-18,42H,7-8,11-14,30-33H2,(H,34,43)(H,36,44)(H,35,37,38,39);1H/t15-,16+,17-,18+;. The molecular formula is C29H37ClN12O3. The van der Waals surface area contributed by atoms with Crippen molar-refractivity contribution < 1.29 is 9.90 Å². The maximum Gasteiger partial charge on any atom is 0.261 e. The number of aromatic nitrogens is 4. The minimum atomic E-state index is -0.657. The number of nitrogens with one attached hydrogen (secondary N) is 3. The number of aromatic hydroxyl groups is 1. The Morgan fingerprint density at radius 2 is 1.44 bits per heavy atom. The van der Waals surface area contributed by atoms with Crippen molar-refractivity contribution in [1.29, 1.82) is 0 Å². The van der Waals surface area contributed by atoms with Crippen molar-refractivity contribution in [3.8, 4) is 5.75 Å². The normalized spacial score (nSPS) is 21.7. The molecule has 2 saturated heterocycles. The average molecular weight is 637 g/mol. The molecule has 0 aliphatic carbocycles. The summed E-state index contributed by atoms with van der Waals surface area (Å²) in [5, 5.41) is 16.9. The Bertz CT molecular complexity index is 1690. The van der Waals surface area contributed by atoms with Gasteiger partial charge in [-0.2, -0.15) is 15.0 Å². The molecule has 238 valence electrons. The second-order valence-corrected chi connectivity index (χ2v) is 11.5. The zero-order chi connectivity index (χ0) is 31.0. The van der Waals surface area contributed by atoms with Gasteiger partial charge >= 0.3 is 0 Å². The second-order valence-electron chi connectivity index (χ2n) is 11.5. The van der Waals surface area contributed by atoms with Crippen LogP contribution in [0.1, 0.15) is 23.2 Å². The maximum absolute atomic E-state index is 12.9. The number of piperidine rings is 2. The maximum atomic E-state index is 12.9. The Balaban J connectivity index is 0.00000400. The van der Waals surface area contributed by atoms with Crippen molar-refractivity contribution in [3.05, 3.63) is 64.4 Å². The summed E-state index contributed by atoms with van der Waals surface area (Å²) in [5.74, 6) is 0.157. The van der Waals surface area contributed by atoms with E-state index in [1.54, 1.807) is 30.3 Å². The lowest BCUT2D eigenvalue weighted by Crippen LogP contribution is -2.54. The highest BCUT2D eigenvalue weighted by Gasteiger charge is 2.29. The van der Waals surface area contributed by atoms with E-state index in [1.165, 1.54) is 18.3 Å². The molecule has 2 fully saturated rings. The number of rotatable bonds is 6. The summed E-state index contributed by atoms with van der Waals surface area (Å²) >= 11 is 0. The van der Waals surface area contributed by atoms with E-state index < -0.39 is 11.3 Å². The van der Waals surface area contributed by atoms with Gasteiger partial charge in [-0.1, -0.05) is 12.1 Å². The molecule has 2 aromatic heterocycles. The van der Waals surface area contributed by atoms with Crippen LogP contribution in [0.3, 0.4) is 0 Å². The van der Waals surface area contributed by atoms with Crippen LogP contribution >= 0.6 is 12.4 Å². The molecule has 0 saturated carbocycles. The van der Waals surface area contributed by atoms with E-state index in [1.807, 2.05) is 9.80 Å². The SMILES string of the molecule is Cl.N[C@@H]1C[C@H](N)CN(c2nc(Nc3ccc(NC(=O)c4c[nH]c5ccccc5c4=O)c(O)c3)nc(N3C[C@H](N)C[C@H](N)C3)n2)C1. The van der Waals surface area contributed by atoms with Gasteiger partial charge in [-0.05, 0) is 37.1 Å². The first kappa shape index (κ1) is 31.9. The number of benzene rings is 2. The highest BCUT2D eigenvalue weighted by atomic mass is 35.5. The predicted molar refractivity (Wildman–Crippen MR) is 177 cm³/mol. The molecule has 15 nitrogen and oxygen atoms in total. The van der Waals surface area contributed by atoms with E-state index >= 15 is 0 Å². The highest BCUT2D eigenvalue weighted by molar-refractivity contribution is 6.06. The molecule has 45 heavy (non-hydrogen) atoms. The van der Waals surface area contributed by atoms with Crippen LogP contribution in [0.25, 0.3) is 10.9 Å². The fraction of sp³-hybridized carbons (Fsp3) is 0.345. The van der Waals surface area contributed by atoms with Crippen LogP contribution in [0, 0.1) is 0 Å². The third-order valence-corrected chi connectivity index (χ3v) is 7.74. The lowest BCUT2D eigenvalue weighted by Gasteiger charge is -2.37. The summed E-state index contributed by atoms with van der Waals surface area (Å²) in [4.78, 5) is 46.6. The number of nitrogens with zero attached hydrogens (tertiary/aromatic N) is 5. The summed E-state index contributed by atoms with van der Waals surface area (Å²) in [6.45, 7) is 2.13. The van der Waals surface area contributed by atoms with E-state index in [2.05, 4.69) is 25.6 Å². The third kappa shape index (κ3) is 7.08. The highest BCUT2D eigenvalue weighted by Crippen LogP contribution is 2.30. The number of aromatic amines is 1. The van der Waals surface area contributed by atoms with Gasteiger partial charge in [-0.15, -0.1) is 12.4 Å². The van der Waals surface area contributed by atoms with E-state index in [0.717, 1.165) is 0 Å². The average Bonchev–Trinajstić information content (AvgIpc) is 2.98. The van der Waals surface area contributed by atoms with Crippen LogP contribution in [-0.2, 0) is 0 Å². The van der Waals surface area contributed by atoms with Crippen molar-refractivity contribution in [3.63, 3.8) is 0 Å². The van der Waals surface area contributed by atoms with Crippen LogP contribution < -0.4 is 48.8 Å². The number of amides is 1. The molecule has 2 aromatic carbocycles. The number of para-hydroxylation sites is 1. The number of phenols is 1. The number of halogens is 1. The molecule has 12 N–H and O–H groups in total. The first-order valence-electron chi connectivity index (χ1n) is 14.4. The van der Waals surface area contributed by atoms with Crippen LogP contribution in [0.5, 0.6) is 5.75 Å². The molecule has 2 aliphatic rings. The molecule has 1 amide bonds. The topological polar surface area (TPSA) is 243 Å². The zero-order valence-electron chi connectivity index (χ0n) is 24.4. The van der Waals surface area contributed by atoms with E-state index in [0.29, 0.717) is 67.5 Å². The van der Waals surface area contributed by atoms with E-state index in [9.17, 15) is 14.7 Å². The smallest absolute Gasteiger partial charge is 0.261 e. The van der Waals surface area contributed by atoms with Crippen molar-refractivity contribution >= 4 is 58.4 Å². The van der Waals surface area contributed by atoms with Crippen LogP contribution in [-0.4, -0.2) is 81.3 Å². The number of carbonyl (C=O) groups excluding carboxylic acids is 1. The number of H-pyrrole nitrogens is 1. The molecule has 0 radical (unpaired) electrons. The first-order valence-corrected chi connectivity index (χ1v) is 14.4. The zero-order valence-corrected chi connectivity index (χ0v) is 25.2. The number of carbonyl (C=O) groups is 1. The van der Waals surface area contributed by atoms with Gasteiger partial charge in [0.25, 0.3) is 5.91 Å². The molecule has 0 unspecified atom stereocenters. The Morgan fingerprint density at radius 1 is 0.867 bits per heavy atom. The number of anilines is 5. The summed E-state index contributed by atoms with van der Waals surface area (Å²) in [7, 11) is 0. The Kier molecular flexibility index (Phi) is 9.36. The minimum Gasteiger partial charge on any atom is -0.506 e. The molecule has 0 spiro atoms. The summed E-state index contributed by atoms with van der Waals surface area (Å²) in [5.41, 5.74) is 25.7. The molecule has 2 aliphatic heterocycles. The van der Waals surface area contributed by atoms with Crippen molar-refractivity contribution in [2.75, 3.05) is 46.6 Å². The summed E-state index contributed by atoms with van der Waals surface area (Å²) in [6, 6.07) is 11.0. The summed E-state index contributed by atoms with van der Waals surface area (Å²) < 4.78 is 0. The van der Waals surface area contributed by atoms with Crippen LogP contribution in [0.15, 0.2) is 53.5 Å². The summed E-state index contributed by atoms with van der Waals surface area (Å²) in [6.07, 6.45) is 2.76. The third-order valence-electron chi connectivity index (χ3n) is 7.74. The molecule has 4 atom stereocenters. The molecular weight excluding hydrogens is 600 g/mol. The fourth-order valence-electron chi connectivity index (χ4n) is 5.75. The lowest BCUT2D eigenvalue weighted by molar-refractivity contribution is 0.102. The lowest BCUT2D eigenvalue weighted by atomic mass is 10.0. The van der Waals surface area contributed by atoms with Gasteiger partial charge in [0.05, 0.1) is 5.69 Å². The quantitative estimate of drug-likeness (QED) is 0.135. The largest absolute Gasteiger partial charge is 0.506 e. The van der Waals surface area contributed by atoms with E-state index in [4.69, 9.17) is 27.9 Å². The number of pyridine rings is 1. The number of hydrogen-bond donors (Lipinski definition) is 8. The van der Waals surface area contributed by atoms with Gasteiger partial charge in [-0.3, -0.25) is 9.59 Å². The van der Waals surface area contributed by atoms with Gasteiger partial charge < -0.3 is 53.5 Å². The van der Waals surface area contributed by atoms with Crippen LogP contribution in [0.2, 0.25) is 0 Å². The predicted octanol–water partition coefficient (Wildman–Crippen LogP) is 0.566. The molecule has 4 aromatic rings. The van der Waals surface area contributed by atoms with Gasteiger partial charge in [0, 0.05) is 79.2 Å². The van der Waals surface area contributed by atoms with Crippen molar-refractivity contribution in [1.82, 2.24) is 19.9 Å². The fourth-order valence-corrected chi connectivity index (χ4v) is 5.75. The first-order chi connectivity index (χ1) is 21.1. The van der Waals surface area contributed by atoms with Gasteiger partial charge in [0.15, 0.2) is 0 Å². The molecule has 6 rings (SSSR count). The number of nitrogens with two attached hydrogens (primary N) is 4. The number of phenolic OH excluding ortho intramolecular Hbond substituents is 1. The number of hydrogen-bond acceptors (Lipinski definition) is 13. The monoisotopic (exact) mass is 636 g/mol. The van der Waals surface area contributed by atoms with Gasteiger partial charge in [0.1, 0.15) is 11.3 Å². The Hall–Kier alpha value is -4.54. The van der Waals surface area contributed by atoms with Crippen LogP contribution in [0.4, 0.5) is 29.2 Å². The second kappa shape index (κ2) is 13.2. The molecule has 4 heterocycles. The Labute approximate surface area is 264 Å². The molecule has 16 heteroatoms. The van der Waals surface area contributed by atoms with Gasteiger partial charge in [-0.25, -0.2) is 0 Å². The number of fused-ring (bicyclic) bond motifs is 1. The van der Waals surface area contributed by atoms with Crippen molar-refractivity contribution in [2.45, 2.75) is 37.0 Å². The minimum absolute atomic E-state index is 0.